The van der Waals surface area contributed by atoms with Gasteiger partial charge in [0, 0.05) is 18.3 Å². The lowest BCUT2D eigenvalue weighted by Gasteiger charge is -2.25. The monoisotopic (exact) mass is 505 g/mol. The fraction of sp³-hybridized carbons (Fsp3) is 0.167. The summed E-state index contributed by atoms with van der Waals surface area (Å²) in [7, 11) is -4.38. The minimum absolute atomic E-state index is 0.173. The summed E-state index contributed by atoms with van der Waals surface area (Å²) in [6, 6.07) is 15.6. The third kappa shape index (κ3) is 6.60. The van der Waals surface area contributed by atoms with E-state index in [1.54, 1.807) is 19.1 Å². The minimum atomic E-state index is -4.70. The first-order valence-corrected chi connectivity index (χ1v) is 11.7. The molecule has 0 bridgehead atoms. The fourth-order valence-corrected chi connectivity index (χ4v) is 4.57. The Kier molecular flexibility index (Phi) is 7.49. The van der Waals surface area contributed by atoms with E-state index in [1.165, 1.54) is 49.4 Å². The van der Waals surface area contributed by atoms with E-state index in [4.69, 9.17) is 0 Å². The van der Waals surface area contributed by atoms with Crippen LogP contribution in [0, 0.1) is 6.92 Å². The van der Waals surface area contributed by atoms with Gasteiger partial charge < -0.3 is 10.6 Å². The standard InChI is InChI=1S/C24H22F3N3O4S/c1-16-6-12-22(13-7-16)35(33,34)30(21-5-3-4-18(14-21)24(25,26)27)15-23(32)29-20-10-8-19(9-11-20)28-17(2)31/h3-14H,15H2,1-2H3,(H,28,31)(H,29,32). The predicted octanol–water partition coefficient (Wildman–Crippen LogP) is 4.81. The molecular formula is C24H22F3N3O4S. The zero-order chi connectivity index (χ0) is 25.8. The highest BCUT2D eigenvalue weighted by molar-refractivity contribution is 7.92. The molecule has 0 unspecified atom stereocenters. The van der Waals surface area contributed by atoms with Gasteiger partial charge in [-0.15, -0.1) is 0 Å². The van der Waals surface area contributed by atoms with Gasteiger partial charge in [0.1, 0.15) is 6.54 Å². The molecule has 0 radical (unpaired) electrons. The Morgan fingerprint density at radius 2 is 1.46 bits per heavy atom. The molecule has 0 aromatic heterocycles. The SMILES string of the molecule is CC(=O)Nc1ccc(NC(=O)CN(c2cccc(C(F)(F)F)c2)S(=O)(=O)c2ccc(C)cc2)cc1. The van der Waals surface area contributed by atoms with Gasteiger partial charge in [0.05, 0.1) is 16.1 Å². The maximum atomic E-state index is 13.4. The highest BCUT2D eigenvalue weighted by Gasteiger charge is 2.33. The van der Waals surface area contributed by atoms with Gasteiger partial charge in [-0.05, 0) is 61.5 Å². The van der Waals surface area contributed by atoms with E-state index in [2.05, 4.69) is 10.6 Å². The van der Waals surface area contributed by atoms with Crippen molar-refractivity contribution in [2.45, 2.75) is 24.9 Å². The van der Waals surface area contributed by atoms with Crippen molar-refractivity contribution in [3.63, 3.8) is 0 Å². The Balaban J connectivity index is 1.93. The minimum Gasteiger partial charge on any atom is -0.326 e. The number of hydrogen-bond acceptors (Lipinski definition) is 4. The molecule has 0 heterocycles. The van der Waals surface area contributed by atoms with Crippen LogP contribution in [0.4, 0.5) is 30.2 Å². The van der Waals surface area contributed by atoms with Crippen molar-refractivity contribution in [1.82, 2.24) is 0 Å². The average molecular weight is 506 g/mol. The molecule has 11 heteroatoms. The molecule has 7 nitrogen and oxygen atoms in total. The molecule has 0 spiro atoms. The first-order valence-electron chi connectivity index (χ1n) is 10.3. The lowest BCUT2D eigenvalue weighted by atomic mass is 10.2. The summed E-state index contributed by atoms with van der Waals surface area (Å²) in [6.07, 6.45) is -4.70. The number of nitrogens with one attached hydrogen (secondary N) is 2. The highest BCUT2D eigenvalue weighted by Crippen LogP contribution is 2.33. The number of hydrogen-bond donors (Lipinski definition) is 2. The first kappa shape index (κ1) is 25.8. The van der Waals surface area contributed by atoms with Crippen LogP contribution in [-0.2, 0) is 25.8 Å². The lowest BCUT2D eigenvalue weighted by molar-refractivity contribution is -0.137. The molecule has 0 aliphatic heterocycles. The van der Waals surface area contributed by atoms with Crippen LogP contribution in [0.15, 0.2) is 77.7 Å². The Morgan fingerprint density at radius 3 is 2.00 bits per heavy atom. The summed E-state index contributed by atoms with van der Waals surface area (Å²) < 4.78 is 67.2. The second-order valence-electron chi connectivity index (χ2n) is 7.68. The van der Waals surface area contributed by atoms with Crippen molar-refractivity contribution < 1.29 is 31.2 Å². The smallest absolute Gasteiger partial charge is 0.326 e. The molecule has 35 heavy (non-hydrogen) atoms. The van der Waals surface area contributed by atoms with Crippen LogP contribution >= 0.6 is 0 Å². The van der Waals surface area contributed by atoms with Crippen LogP contribution in [0.2, 0.25) is 0 Å². The molecule has 0 fully saturated rings. The lowest BCUT2D eigenvalue weighted by Crippen LogP contribution is -2.38. The maximum absolute atomic E-state index is 13.4. The number of alkyl halides is 3. The van der Waals surface area contributed by atoms with E-state index in [0.717, 1.165) is 17.7 Å². The summed E-state index contributed by atoms with van der Waals surface area (Å²) in [5.74, 6) is -1.05. The van der Waals surface area contributed by atoms with Crippen LogP contribution in [-0.4, -0.2) is 26.8 Å². The van der Waals surface area contributed by atoms with Gasteiger partial charge in [0.15, 0.2) is 0 Å². The number of benzene rings is 3. The van der Waals surface area contributed by atoms with E-state index in [0.29, 0.717) is 21.7 Å². The zero-order valence-corrected chi connectivity index (χ0v) is 19.6. The second-order valence-corrected chi connectivity index (χ2v) is 9.54. The zero-order valence-electron chi connectivity index (χ0n) is 18.8. The van der Waals surface area contributed by atoms with Gasteiger partial charge in [-0.3, -0.25) is 13.9 Å². The fourth-order valence-electron chi connectivity index (χ4n) is 3.16. The normalized spacial score (nSPS) is 11.6. The predicted molar refractivity (Wildman–Crippen MR) is 127 cm³/mol. The van der Waals surface area contributed by atoms with Crippen molar-refractivity contribution in [2.24, 2.45) is 0 Å². The molecule has 184 valence electrons. The second kappa shape index (κ2) is 10.2. The third-order valence-corrected chi connectivity index (χ3v) is 6.63. The number of nitrogens with zero attached hydrogens (tertiary/aromatic N) is 1. The van der Waals surface area contributed by atoms with Crippen LogP contribution in [0.25, 0.3) is 0 Å². The van der Waals surface area contributed by atoms with Crippen molar-refractivity contribution in [3.8, 4) is 0 Å². The van der Waals surface area contributed by atoms with E-state index in [1.807, 2.05) is 0 Å². The van der Waals surface area contributed by atoms with Crippen LogP contribution in [0.3, 0.4) is 0 Å². The number of halogens is 3. The maximum Gasteiger partial charge on any atom is 0.416 e. The van der Waals surface area contributed by atoms with E-state index in [-0.39, 0.29) is 16.5 Å². The number of rotatable bonds is 7. The molecule has 0 aliphatic rings. The topological polar surface area (TPSA) is 95.6 Å². The molecule has 0 aliphatic carbocycles. The molecule has 0 saturated carbocycles. The quantitative estimate of drug-likeness (QED) is 0.482. The summed E-state index contributed by atoms with van der Waals surface area (Å²) in [4.78, 5) is 23.7. The Morgan fingerprint density at radius 1 is 0.886 bits per heavy atom. The van der Waals surface area contributed by atoms with Crippen LogP contribution in [0.5, 0.6) is 0 Å². The Bertz CT molecular complexity index is 1320. The van der Waals surface area contributed by atoms with E-state index in [9.17, 15) is 31.2 Å². The summed E-state index contributed by atoms with van der Waals surface area (Å²) in [6.45, 7) is 2.32. The van der Waals surface area contributed by atoms with Crippen molar-refractivity contribution in [2.75, 3.05) is 21.5 Å². The van der Waals surface area contributed by atoms with Crippen molar-refractivity contribution in [1.29, 1.82) is 0 Å². The molecule has 2 amide bonds. The number of aryl methyl sites for hydroxylation is 1. The van der Waals surface area contributed by atoms with Gasteiger partial charge in [0.2, 0.25) is 11.8 Å². The van der Waals surface area contributed by atoms with Gasteiger partial charge in [0.25, 0.3) is 10.0 Å². The van der Waals surface area contributed by atoms with Gasteiger partial charge in [-0.1, -0.05) is 23.8 Å². The third-order valence-electron chi connectivity index (χ3n) is 4.85. The van der Waals surface area contributed by atoms with Crippen LogP contribution < -0.4 is 14.9 Å². The molecule has 3 aromatic rings. The number of sulfonamides is 1. The molecule has 3 rings (SSSR count). The molecule has 3 aromatic carbocycles. The summed E-state index contributed by atoms with van der Waals surface area (Å²) in [5.41, 5.74) is 0.225. The number of carbonyl (C=O) groups is 2. The number of anilines is 3. The van der Waals surface area contributed by atoms with Gasteiger partial charge >= 0.3 is 6.18 Å². The van der Waals surface area contributed by atoms with E-state index < -0.39 is 34.2 Å². The molecule has 0 saturated heterocycles. The van der Waals surface area contributed by atoms with E-state index >= 15 is 0 Å². The summed E-state index contributed by atoms with van der Waals surface area (Å²) >= 11 is 0. The highest BCUT2D eigenvalue weighted by atomic mass is 32.2. The summed E-state index contributed by atoms with van der Waals surface area (Å²) in [5, 5.41) is 5.09. The van der Waals surface area contributed by atoms with Gasteiger partial charge in [-0.25, -0.2) is 8.42 Å². The molecule has 2 N–H and O–H groups in total. The van der Waals surface area contributed by atoms with Gasteiger partial charge in [-0.2, -0.15) is 13.2 Å². The number of amides is 2. The average Bonchev–Trinajstić information content (AvgIpc) is 2.78. The molecule has 0 atom stereocenters. The van der Waals surface area contributed by atoms with Crippen LogP contribution in [0.1, 0.15) is 18.1 Å². The molecular weight excluding hydrogens is 483 g/mol. The largest absolute Gasteiger partial charge is 0.416 e. The first-order chi connectivity index (χ1) is 16.4. The Hall–Kier alpha value is -3.86. The number of carbonyl (C=O) groups excluding carboxylic acids is 2. The van der Waals surface area contributed by atoms with Crippen molar-refractivity contribution >= 4 is 38.9 Å². The Labute approximate surface area is 200 Å². The van der Waals surface area contributed by atoms with Crippen molar-refractivity contribution in [3.05, 3.63) is 83.9 Å².